The molecule has 0 saturated carbocycles. The van der Waals surface area contributed by atoms with Crippen LogP contribution in [-0.4, -0.2) is 51.5 Å². The summed E-state index contributed by atoms with van der Waals surface area (Å²) in [6.07, 6.45) is 5.47. The average Bonchev–Trinajstić information content (AvgIpc) is 3.35. The Morgan fingerprint density at radius 2 is 2.03 bits per heavy atom. The minimum atomic E-state index is -3.04. The maximum atomic E-state index is 13.8. The second kappa shape index (κ2) is 8.53. The zero-order valence-electron chi connectivity index (χ0n) is 18.3. The standard InChI is InChI=1S/C24H20F3N5O2/c1-31(2)18-9-16(20-13(12-33)4-3-5-19(20)34-24(26)27)21-22(18)30-32-7-6-17(29-23(21)32)14-8-15(25)11-28-10-14/h3-8,10-12,16,18,24H,9H2,1-2H3. The summed E-state index contributed by atoms with van der Waals surface area (Å²) in [5, 5.41) is 4.72. The highest BCUT2D eigenvalue weighted by Crippen LogP contribution is 2.50. The molecule has 2 atom stereocenters. The van der Waals surface area contributed by atoms with Gasteiger partial charge < -0.3 is 9.64 Å². The molecule has 7 nitrogen and oxygen atoms in total. The summed E-state index contributed by atoms with van der Waals surface area (Å²) in [7, 11) is 3.81. The van der Waals surface area contributed by atoms with Crippen LogP contribution < -0.4 is 4.74 Å². The molecule has 0 fully saturated rings. The van der Waals surface area contributed by atoms with Crippen molar-refractivity contribution in [3.8, 4) is 17.0 Å². The Morgan fingerprint density at radius 1 is 1.21 bits per heavy atom. The van der Waals surface area contributed by atoms with Crippen molar-refractivity contribution in [2.45, 2.75) is 25.0 Å². The number of aromatic nitrogens is 4. The zero-order valence-corrected chi connectivity index (χ0v) is 18.3. The number of fused-ring (bicyclic) bond motifs is 3. The number of alkyl halides is 2. The van der Waals surface area contributed by atoms with E-state index >= 15 is 0 Å². The molecule has 1 aromatic carbocycles. The quantitative estimate of drug-likeness (QED) is 0.390. The first-order valence-corrected chi connectivity index (χ1v) is 10.6. The van der Waals surface area contributed by atoms with E-state index in [-0.39, 0.29) is 17.4 Å². The Hall–Kier alpha value is -3.79. The first-order valence-electron chi connectivity index (χ1n) is 10.6. The van der Waals surface area contributed by atoms with Crippen LogP contribution in [0.25, 0.3) is 16.9 Å². The van der Waals surface area contributed by atoms with Crippen LogP contribution in [0.5, 0.6) is 5.75 Å². The summed E-state index contributed by atoms with van der Waals surface area (Å²) < 4.78 is 46.6. The van der Waals surface area contributed by atoms with Gasteiger partial charge in [-0.1, -0.05) is 12.1 Å². The Labute approximate surface area is 192 Å². The van der Waals surface area contributed by atoms with E-state index in [0.29, 0.717) is 35.2 Å². The van der Waals surface area contributed by atoms with E-state index in [1.165, 1.54) is 24.4 Å². The van der Waals surface area contributed by atoms with Crippen LogP contribution in [0.1, 0.15) is 45.6 Å². The van der Waals surface area contributed by atoms with Crippen LogP contribution in [0.2, 0.25) is 0 Å². The highest BCUT2D eigenvalue weighted by Gasteiger charge is 2.40. The SMILES string of the molecule is CN(C)C1CC(c2c(C=O)cccc2OC(F)F)c2c1nn1ccc(-c3cncc(F)c3)nc21. The van der Waals surface area contributed by atoms with Gasteiger partial charge in [0.05, 0.1) is 23.6 Å². The number of pyridine rings is 1. The summed E-state index contributed by atoms with van der Waals surface area (Å²) in [6.45, 7) is -3.04. The van der Waals surface area contributed by atoms with Gasteiger partial charge in [-0.25, -0.2) is 13.9 Å². The van der Waals surface area contributed by atoms with Crippen molar-refractivity contribution < 1.29 is 22.7 Å². The predicted octanol–water partition coefficient (Wildman–Crippen LogP) is 4.48. The highest BCUT2D eigenvalue weighted by atomic mass is 19.3. The fourth-order valence-electron chi connectivity index (χ4n) is 4.66. The van der Waals surface area contributed by atoms with Crippen LogP contribution >= 0.6 is 0 Å². The van der Waals surface area contributed by atoms with Crippen LogP contribution in [0.4, 0.5) is 13.2 Å². The molecule has 5 rings (SSSR count). The molecule has 0 spiro atoms. The molecule has 0 N–H and O–H groups in total. The predicted molar refractivity (Wildman–Crippen MR) is 118 cm³/mol. The fraction of sp³-hybridized carbons (Fsp3) is 0.250. The minimum absolute atomic E-state index is 0.0557. The van der Waals surface area contributed by atoms with E-state index in [4.69, 9.17) is 14.8 Å². The fourth-order valence-corrected chi connectivity index (χ4v) is 4.66. The number of aldehydes is 1. The number of benzene rings is 1. The van der Waals surface area contributed by atoms with Crippen LogP contribution in [0.15, 0.2) is 48.9 Å². The van der Waals surface area contributed by atoms with Gasteiger partial charge in [-0.05, 0) is 38.7 Å². The van der Waals surface area contributed by atoms with Crippen molar-refractivity contribution in [2.24, 2.45) is 0 Å². The van der Waals surface area contributed by atoms with E-state index < -0.39 is 18.3 Å². The van der Waals surface area contributed by atoms with Gasteiger partial charge in [-0.3, -0.25) is 9.78 Å². The summed E-state index contributed by atoms with van der Waals surface area (Å²) in [5.41, 5.74) is 3.57. The molecule has 3 aromatic heterocycles. The first-order chi connectivity index (χ1) is 16.4. The van der Waals surface area contributed by atoms with Crippen LogP contribution in [0.3, 0.4) is 0 Å². The van der Waals surface area contributed by atoms with Gasteiger partial charge in [0.25, 0.3) is 0 Å². The number of ether oxygens (including phenoxy) is 1. The summed E-state index contributed by atoms with van der Waals surface area (Å²) in [4.78, 5) is 22.5. The van der Waals surface area contributed by atoms with Crippen molar-refractivity contribution in [1.29, 1.82) is 0 Å². The molecular formula is C24H20F3N5O2. The van der Waals surface area contributed by atoms with E-state index in [0.717, 1.165) is 17.5 Å². The number of hydrogen-bond acceptors (Lipinski definition) is 6. The summed E-state index contributed by atoms with van der Waals surface area (Å²) in [5.74, 6) is -1.01. The summed E-state index contributed by atoms with van der Waals surface area (Å²) >= 11 is 0. The number of carbonyl (C=O) groups is 1. The number of carbonyl (C=O) groups excluding carboxylic acids is 1. The van der Waals surface area contributed by atoms with Gasteiger partial charge in [-0.15, -0.1) is 0 Å². The lowest BCUT2D eigenvalue weighted by Crippen LogP contribution is -2.19. The molecule has 174 valence electrons. The number of rotatable bonds is 6. The van der Waals surface area contributed by atoms with E-state index in [1.807, 2.05) is 19.0 Å². The van der Waals surface area contributed by atoms with Gasteiger partial charge in [0.1, 0.15) is 17.9 Å². The maximum Gasteiger partial charge on any atom is 0.387 e. The number of hydrogen-bond donors (Lipinski definition) is 0. The van der Waals surface area contributed by atoms with E-state index in [9.17, 15) is 18.0 Å². The van der Waals surface area contributed by atoms with Gasteiger partial charge in [0.15, 0.2) is 5.65 Å². The first kappa shape index (κ1) is 22.0. The largest absolute Gasteiger partial charge is 0.434 e. The van der Waals surface area contributed by atoms with Gasteiger partial charge in [0, 0.05) is 40.6 Å². The third-order valence-electron chi connectivity index (χ3n) is 6.09. The van der Waals surface area contributed by atoms with Gasteiger partial charge in [-0.2, -0.15) is 13.9 Å². The monoisotopic (exact) mass is 467 g/mol. The molecule has 34 heavy (non-hydrogen) atoms. The average molecular weight is 467 g/mol. The summed E-state index contributed by atoms with van der Waals surface area (Å²) in [6, 6.07) is 7.41. The Bertz CT molecular complexity index is 1390. The second-order valence-corrected chi connectivity index (χ2v) is 8.29. The highest BCUT2D eigenvalue weighted by molar-refractivity contribution is 5.80. The van der Waals surface area contributed by atoms with Crippen molar-refractivity contribution in [1.82, 2.24) is 24.5 Å². The zero-order chi connectivity index (χ0) is 24.0. The number of halogens is 3. The normalized spacial score (nSPS) is 17.5. The van der Waals surface area contributed by atoms with Gasteiger partial charge >= 0.3 is 6.61 Å². The minimum Gasteiger partial charge on any atom is -0.434 e. The van der Waals surface area contributed by atoms with Crippen molar-refractivity contribution in [3.63, 3.8) is 0 Å². The van der Waals surface area contributed by atoms with Crippen LogP contribution in [-0.2, 0) is 0 Å². The molecule has 0 saturated heterocycles. The van der Waals surface area contributed by atoms with Crippen molar-refractivity contribution in [3.05, 3.63) is 77.1 Å². The molecule has 0 aliphatic heterocycles. The lowest BCUT2D eigenvalue weighted by molar-refractivity contribution is -0.0506. The lowest BCUT2D eigenvalue weighted by atomic mass is 9.89. The molecule has 0 bridgehead atoms. The topological polar surface area (TPSA) is 72.6 Å². The molecule has 1 aliphatic carbocycles. The molecular weight excluding hydrogens is 447 g/mol. The molecule has 2 unspecified atom stereocenters. The van der Waals surface area contributed by atoms with E-state index in [2.05, 4.69) is 4.98 Å². The van der Waals surface area contributed by atoms with Gasteiger partial charge in [0.2, 0.25) is 0 Å². The molecule has 1 aliphatic rings. The third-order valence-corrected chi connectivity index (χ3v) is 6.09. The van der Waals surface area contributed by atoms with Crippen LogP contribution in [0, 0.1) is 5.82 Å². The molecule has 3 heterocycles. The third kappa shape index (κ3) is 3.69. The molecule has 10 heteroatoms. The smallest absolute Gasteiger partial charge is 0.387 e. The molecule has 4 aromatic rings. The van der Waals surface area contributed by atoms with Crippen molar-refractivity contribution >= 4 is 11.9 Å². The van der Waals surface area contributed by atoms with E-state index in [1.54, 1.807) is 22.8 Å². The number of nitrogens with zero attached hydrogens (tertiary/aromatic N) is 5. The second-order valence-electron chi connectivity index (χ2n) is 8.29. The Kier molecular flexibility index (Phi) is 5.52. The van der Waals surface area contributed by atoms with Crippen molar-refractivity contribution in [2.75, 3.05) is 14.1 Å². The maximum absolute atomic E-state index is 13.8. The molecule has 0 radical (unpaired) electrons. The lowest BCUT2D eigenvalue weighted by Gasteiger charge is -2.22. The molecule has 0 amide bonds. The Morgan fingerprint density at radius 3 is 2.74 bits per heavy atom. The Balaban J connectivity index is 1.74.